The smallest absolute Gasteiger partial charge is 0.316 e. The zero-order valence-corrected chi connectivity index (χ0v) is 12.9. The molecule has 1 aromatic rings. The second-order valence-electron chi connectivity index (χ2n) is 5.72. The Kier molecular flexibility index (Phi) is 5.17. The zero-order valence-electron chi connectivity index (χ0n) is 12.9. The van der Waals surface area contributed by atoms with Gasteiger partial charge in [-0.3, -0.25) is 4.57 Å². The van der Waals surface area contributed by atoms with Gasteiger partial charge in [-0.15, -0.1) is 0 Å². The van der Waals surface area contributed by atoms with E-state index in [0.29, 0.717) is 19.0 Å². The second-order valence-corrected chi connectivity index (χ2v) is 5.72. The molecule has 20 heavy (non-hydrogen) atoms. The maximum absolute atomic E-state index is 12.4. The lowest BCUT2D eigenvalue weighted by molar-refractivity contribution is 0.430. The molecule has 1 atom stereocenters. The summed E-state index contributed by atoms with van der Waals surface area (Å²) in [6.07, 6.45) is 5.30. The van der Waals surface area contributed by atoms with Crippen LogP contribution in [-0.2, 0) is 13.1 Å². The Morgan fingerprint density at radius 1 is 1.50 bits per heavy atom. The first-order chi connectivity index (χ1) is 9.63. The minimum Gasteiger partial charge on any atom is -0.316 e. The first kappa shape index (κ1) is 15.0. The third-order valence-electron chi connectivity index (χ3n) is 3.82. The van der Waals surface area contributed by atoms with Crippen molar-refractivity contribution in [2.75, 3.05) is 13.1 Å². The zero-order chi connectivity index (χ0) is 14.5. The molecule has 0 amide bonds. The summed E-state index contributed by atoms with van der Waals surface area (Å²) in [6.45, 7) is 9.55. The topological polar surface area (TPSA) is 51.9 Å². The van der Waals surface area contributed by atoms with Gasteiger partial charge in [-0.05, 0) is 46.6 Å². The molecular formula is C15H26N4O. The maximum Gasteiger partial charge on any atom is 0.345 e. The van der Waals surface area contributed by atoms with E-state index in [9.17, 15) is 4.79 Å². The molecule has 1 N–H and O–H groups in total. The molecule has 2 heterocycles. The van der Waals surface area contributed by atoms with E-state index in [1.807, 2.05) is 11.5 Å². The van der Waals surface area contributed by atoms with Crippen molar-refractivity contribution in [1.82, 2.24) is 19.7 Å². The molecular weight excluding hydrogens is 252 g/mol. The normalized spacial score (nSPS) is 19.1. The Morgan fingerprint density at radius 2 is 2.30 bits per heavy atom. The van der Waals surface area contributed by atoms with E-state index >= 15 is 0 Å². The summed E-state index contributed by atoms with van der Waals surface area (Å²) < 4.78 is 3.47. The van der Waals surface area contributed by atoms with Crippen molar-refractivity contribution in [2.45, 2.75) is 59.0 Å². The third kappa shape index (κ3) is 3.39. The van der Waals surface area contributed by atoms with Crippen LogP contribution in [0.15, 0.2) is 16.4 Å². The summed E-state index contributed by atoms with van der Waals surface area (Å²) in [5.41, 5.74) is 1.32. The van der Waals surface area contributed by atoms with Crippen LogP contribution in [0.4, 0.5) is 0 Å². The molecule has 112 valence electrons. The first-order valence-corrected chi connectivity index (χ1v) is 7.65. The van der Waals surface area contributed by atoms with Crippen molar-refractivity contribution in [1.29, 1.82) is 0 Å². The number of nitrogens with zero attached hydrogens (tertiary/aromatic N) is 3. The van der Waals surface area contributed by atoms with E-state index in [2.05, 4.69) is 30.3 Å². The van der Waals surface area contributed by atoms with Gasteiger partial charge < -0.3 is 5.32 Å². The molecule has 0 aromatic carbocycles. The molecule has 1 fully saturated rings. The molecule has 1 aromatic heterocycles. The fourth-order valence-electron chi connectivity index (χ4n) is 2.75. The SMILES string of the molecule is CCn1c(C2CCCNC2)nn(CCC=C(C)C)c1=O. The van der Waals surface area contributed by atoms with E-state index in [-0.39, 0.29) is 5.69 Å². The van der Waals surface area contributed by atoms with Crippen LogP contribution in [0.3, 0.4) is 0 Å². The molecule has 0 aliphatic carbocycles. The van der Waals surface area contributed by atoms with Gasteiger partial charge in [0.25, 0.3) is 0 Å². The number of aryl methyl sites for hydroxylation is 1. The van der Waals surface area contributed by atoms with Gasteiger partial charge in [0.15, 0.2) is 0 Å². The van der Waals surface area contributed by atoms with Crippen molar-refractivity contribution in [3.05, 3.63) is 28.0 Å². The lowest BCUT2D eigenvalue weighted by atomic mass is 9.99. The fraction of sp³-hybridized carbons (Fsp3) is 0.733. The third-order valence-corrected chi connectivity index (χ3v) is 3.82. The quantitative estimate of drug-likeness (QED) is 0.837. The van der Waals surface area contributed by atoms with Crippen LogP contribution in [0, 0.1) is 0 Å². The lowest BCUT2D eigenvalue weighted by Gasteiger charge is -2.21. The molecule has 1 saturated heterocycles. The number of piperidine rings is 1. The van der Waals surface area contributed by atoms with Crippen LogP contribution < -0.4 is 11.0 Å². The van der Waals surface area contributed by atoms with Crippen LogP contribution in [0.2, 0.25) is 0 Å². The summed E-state index contributed by atoms with van der Waals surface area (Å²) in [6, 6.07) is 0. The number of rotatable bonds is 5. The lowest BCUT2D eigenvalue weighted by Crippen LogP contribution is -2.31. The van der Waals surface area contributed by atoms with Gasteiger partial charge in [-0.1, -0.05) is 11.6 Å². The van der Waals surface area contributed by atoms with E-state index in [4.69, 9.17) is 0 Å². The molecule has 2 rings (SSSR count). The Balaban J connectivity index is 2.19. The first-order valence-electron chi connectivity index (χ1n) is 7.65. The predicted octanol–water partition coefficient (Wildman–Crippen LogP) is 1.89. The van der Waals surface area contributed by atoms with Gasteiger partial charge in [0.05, 0.1) is 0 Å². The largest absolute Gasteiger partial charge is 0.345 e. The van der Waals surface area contributed by atoms with E-state index < -0.39 is 0 Å². The van der Waals surface area contributed by atoms with E-state index in [1.165, 1.54) is 5.57 Å². The highest BCUT2D eigenvalue weighted by molar-refractivity contribution is 5.00. The second kappa shape index (κ2) is 6.88. The summed E-state index contributed by atoms with van der Waals surface area (Å²) in [5.74, 6) is 1.34. The molecule has 5 heteroatoms. The number of hydrogen-bond acceptors (Lipinski definition) is 3. The predicted molar refractivity (Wildman–Crippen MR) is 81.1 cm³/mol. The summed E-state index contributed by atoms with van der Waals surface area (Å²) >= 11 is 0. The minimum atomic E-state index is 0.0372. The number of nitrogens with one attached hydrogen (secondary N) is 1. The van der Waals surface area contributed by atoms with Gasteiger partial charge in [0.1, 0.15) is 5.82 Å². The number of allylic oxidation sites excluding steroid dienone is 2. The molecule has 0 radical (unpaired) electrons. The molecule has 0 saturated carbocycles. The Bertz CT molecular complexity index is 516. The Hall–Kier alpha value is -1.36. The highest BCUT2D eigenvalue weighted by atomic mass is 16.2. The van der Waals surface area contributed by atoms with Crippen LogP contribution in [0.25, 0.3) is 0 Å². The molecule has 1 unspecified atom stereocenters. The Labute approximate surface area is 120 Å². The van der Waals surface area contributed by atoms with Crippen molar-refractivity contribution in [3.8, 4) is 0 Å². The van der Waals surface area contributed by atoms with Gasteiger partial charge in [0.2, 0.25) is 0 Å². The maximum atomic E-state index is 12.4. The van der Waals surface area contributed by atoms with Gasteiger partial charge in [0, 0.05) is 25.6 Å². The van der Waals surface area contributed by atoms with Crippen LogP contribution in [-0.4, -0.2) is 27.4 Å². The van der Waals surface area contributed by atoms with Crippen molar-refractivity contribution in [3.63, 3.8) is 0 Å². The molecule has 5 nitrogen and oxygen atoms in total. The van der Waals surface area contributed by atoms with E-state index in [0.717, 1.165) is 38.2 Å². The highest BCUT2D eigenvalue weighted by Crippen LogP contribution is 2.20. The van der Waals surface area contributed by atoms with Crippen LogP contribution in [0.1, 0.15) is 51.8 Å². The summed E-state index contributed by atoms with van der Waals surface area (Å²) in [5, 5.41) is 8.00. The standard InChI is InChI=1S/C15H26N4O/c1-4-18-14(13-8-5-9-16-11-13)17-19(15(18)20)10-6-7-12(2)3/h7,13,16H,4-6,8-11H2,1-3H3. The molecule has 0 bridgehead atoms. The summed E-state index contributed by atoms with van der Waals surface area (Å²) in [7, 11) is 0. The van der Waals surface area contributed by atoms with Gasteiger partial charge in [-0.2, -0.15) is 5.10 Å². The number of aromatic nitrogens is 3. The highest BCUT2D eigenvalue weighted by Gasteiger charge is 2.22. The van der Waals surface area contributed by atoms with Gasteiger partial charge >= 0.3 is 5.69 Å². The average molecular weight is 278 g/mol. The van der Waals surface area contributed by atoms with Crippen LogP contribution in [0.5, 0.6) is 0 Å². The van der Waals surface area contributed by atoms with Crippen molar-refractivity contribution >= 4 is 0 Å². The Morgan fingerprint density at radius 3 is 2.90 bits per heavy atom. The average Bonchev–Trinajstić information content (AvgIpc) is 2.76. The molecule has 1 aliphatic rings. The minimum absolute atomic E-state index is 0.0372. The van der Waals surface area contributed by atoms with E-state index in [1.54, 1.807) is 4.68 Å². The van der Waals surface area contributed by atoms with Gasteiger partial charge in [-0.25, -0.2) is 9.48 Å². The fourth-order valence-corrected chi connectivity index (χ4v) is 2.75. The molecule has 1 aliphatic heterocycles. The molecule has 0 spiro atoms. The van der Waals surface area contributed by atoms with Crippen LogP contribution >= 0.6 is 0 Å². The number of hydrogen-bond donors (Lipinski definition) is 1. The monoisotopic (exact) mass is 278 g/mol. The van der Waals surface area contributed by atoms with Crippen molar-refractivity contribution < 1.29 is 0 Å². The van der Waals surface area contributed by atoms with Crippen molar-refractivity contribution in [2.24, 2.45) is 0 Å². The summed E-state index contributed by atoms with van der Waals surface area (Å²) in [4.78, 5) is 12.4.